The number of allylic oxidation sites excluding steroid dienone is 1. The number of hydrogen-bond donors (Lipinski definition) is 1. The van der Waals surface area contributed by atoms with E-state index in [0.717, 1.165) is 18.7 Å². The largest absolute Gasteiger partial charge is 0.346 e. The summed E-state index contributed by atoms with van der Waals surface area (Å²) < 4.78 is 0. The second kappa shape index (κ2) is 16.4. The molecule has 0 amide bonds. The Morgan fingerprint density at radius 3 is 1.76 bits per heavy atom. The number of aromatic nitrogens is 2. The first-order chi connectivity index (χ1) is 12.4. The average molecular weight is 347 g/mol. The Morgan fingerprint density at radius 1 is 0.800 bits per heavy atom. The zero-order valence-electron chi connectivity index (χ0n) is 16.8. The lowest BCUT2D eigenvalue weighted by atomic mass is 10.0. The summed E-state index contributed by atoms with van der Waals surface area (Å²) in [5.74, 6) is 1.14. The van der Waals surface area contributed by atoms with Crippen molar-refractivity contribution >= 4 is 0 Å². The minimum Gasteiger partial charge on any atom is -0.346 e. The Hall–Kier alpha value is -1.05. The average Bonchev–Trinajstić information content (AvgIpc) is 3.06. The van der Waals surface area contributed by atoms with Gasteiger partial charge >= 0.3 is 0 Å². The van der Waals surface area contributed by atoms with Crippen LogP contribution in [0.15, 0.2) is 18.9 Å². The van der Waals surface area contributed by atoms with E-state index >= 15 is 0 Å². The van der Waals surface area contributed by atoms with E-state index in [9.17, 15) is 0 Å². The Labute approximate surface area is 156 Å². The number of aryl methyl sites for hydroxylation is 1. The molecule has 25 heavy (non-hydrogen) atoms. The van der Waals surface area contributed by atoms with Gasteiger partial charge in [0.25, 0.3) is 0 Å². The van der Waals surface area contributed by atoms with Crippen LogP contribution in [0.3, 0.4) is 0 Å². The minimum atomic E-state index is 0.895. The van der Waals surface area contributed by atoms with E-state index in [4.69, 9.17) is 0 Å². The molecule has 0 bridgehead atoms. The quantitative estimate of drug-likeness (QED) is 0.216. The van der Waals surface area contributed by atoms with Gasteiger partial charge in [-0.2, -0.15) is 0 Å². The van der Waals surface area contributed by atoms with Gasteiger partial charge in [0.05, 0.1) is 0 Å². The van der Waals surface area contributed by atoms with E-state index in [0.29, 0.717) is 0 Å². The van der Waals surface area contributed by atoms with Gasteiger partial charge in [0.2, 0.25) is 0 Å². The van der Waals surface area contributed by atoms with Crippen molar-refractivity contribution in [3.63, 3.8) is 0 Å². The monoisotopic (exact) mass is 346 g/mol. The van der Waals surface area contributed by atoms with Crippen molar-refractivity contribution < 1.29 is 0 Å². The summed E-state index contributed by atoms with van der Waals surface area (Å²) >= 11 is 0. The maximum absolute atomic E-state index is 4.43. The molecule has 0 fully saturated rings. The smallest absolute Gasteiger partial charge is 0.106 e. The fraction of sp³-hybridized carbons (Fsp3) is 0.783. The van der Waals surface area contributed by atoms with Crippen molar-refractivity contribution in [1.29, 1.82) is 0 Å². The van der Waals surface area contributed by atoms with Gasteiger partial charge in [0.15, 0.2) is 0 Å². The van der Waals surface area contributed by atoms with Gasteiger partial charge in [0.1, 0.15) is 5.82 Å². The summed E-state index contributed by atoms with van der Waals surface area (Å²) in [4.78, 5) is 7.82. The number of H-pyrrole nitrogens is 1. The number of unbranched alkanes of at least 4 members (excludes halogenated alkanes) is 14. The van der Waals surface area contributed by atoms with Gasteiger partial charge in [-0.3, -0.25) is 0 Å². The SMILES string of the molecule is C=CCc1cnc(CCCCCCCCCCCCCCCCC)[nH]1. The first kappa shape index (κ1) is 22.0. The topological polar surface area (TPSA) is 28.7 Å². The standard InChI is InChI=1S/C23H42N2/c1-3-5-6-7-8-9-10-11-12-13-14-15-16-17-18-20-23-24-21-22(25-23)19-4-2/h4,21H,2-3,5-20H2,1H3,(H,24,25). The molecule has 1 rings (SSSR count). The van der Waals surface area contributed by atoms with Gasteiger partial charge in [-0.1, -0.05) is 103 Å². The molecule has 0 aliphatic rings. The molecule has 1 N–H and O–H groups in total. The highest BCUT2D eigenvalue weighted by molar-refractivity contribution is 5.04. The highest BCUT2D eigenvalue weighted by Gasteiger charge is 1.99. The van der Waals surface area contributed by atoms with Gasteiger partial charge < -0.3 is 4.98 Å². The van der Waals surface area contributed by atoms with Gasteiger partial charge in [-0.25, -0.2) is 4.98 Å². The normalized spacial score (nSPS) is 11.1. The molecule has 144 valence electrons. The van der Waals surface area contributed by atoms with E-state index in [2.05, 4.69) is 23.5 Å². The summed E-state index contributed by atoms with van der Waals surface area (Å²) in [6.45, 7) is 6.05. The number of imidazole rings is 1. The van der Waals surface area contributed by atoms with Crippen molar-refractivity contribution in [2.45, 2.75) is 116 Å². The zero-order chi connectivity index (χ0) is 18.0. The van der Waals surface area contributed by atoms with Crippen LogP contribution in [0.2, 0.25) is 0 Å². The van der Waals surface area contributed by atoms with E-state index in [1.54, 1.807) is 0 Å². The minimum absolute atomic E-state index is 0.895. The van der Waals surface area contributed by atoms with Crippen LogP contribution in [0.4, 0.5) is 0 Å². The van der Waals surface area contributed by atoms with Crippen molar-refractivity contribution in [2.24, 2.45) is 0 Å². The van der Waals surface area contributed by atoms with E-state index < -0.39 is 0 Å². The van der Waals surface area contributed by atoms with Crippen LogP contribution in [0, 0.1) is 0 Å². The lowest BCUT2D eigenvalue weighted by Gasteiger charge is -2.03. The number of nitrogens with one attached hydrogen (secondary N) is 1. The maximum Gasteiger partial charge on any atom is 0.106 e. The Bertz CT molecular complexity index is 408. The lowest BCUT2D eigenvalue weighted by molar-refractivity contribution is 0.531. The molecule has 1 heterocycles. The third-order valence-electron chi connectivity index (χ3n) is 5.06. The van der Waals surface area contributed by atoms with Crippen molar-refractivity contribution in [1.82, 2.24) is 9.97 Å². The number of rotatable bonds is 18. The van der Waals surface area contributed by atoms with Crippen molar-refractivity contribution in [2.75, 3.05) is 0 Å². The fourth-order valence-corrected chi connectivity index (χ4v) is 3.46. The van der Waals surface area contributed by atoms with Crippen LogP contribution in [0.1, 0.15) is 115 Å². The zero-order valence-corrected chi connectivity index (χ0v) is 16.8. The Morgan fingerprint density at radius 2 is 1.28 bits per heavy atom. The molecule has 0 unspecified atom stereocenters. The fourth-order valence-electron chi connectivity index (χ4n) is 3.46. The molecular weight excluding hydrogens is 304 g/mol. The number of nitrogens with zero attached hydrogens (tertiary/aromatic N) is 1. The summed E-state index contributed by atoms with van der Waals surface area (Å²) in [6, 6.07) is 0. The second-order valence-electron chi connectivity index (χ2n) is 7.55. The van der Waals surface area contributed by atoms with Crippen LogP contribution >= 0.6 is 0 Å². The van der Waals surface area contributed by atoms with E-state index in [1.165, 1.54) is 102 Å². The first-order valence-electron chi connectivity index (χ1n) is 11.0. The molecular formula is C23H42N2. The Balaban J connectivity index is 1.77. The predicted molar refractivity (Wildman–Crippen MR) is 111 cm³/mol. The highest BCUT2D eigenvalue weighted by atomic mass is 14.9. The molecule has 0 aliphatic carbocycles. The van der Waals surface area contributed by atoms with Crippen molar-refractivity contribution in [3.05, 3.63) is 30.4 Å². The molecule has 0 saturated carbocycles. The summed E-state index contributed by atoms with van der Waals surface area (Å²) in [6.07, 6.45) is 27.1. The molecule has 2 nitrogen and oxygen atoms in total. The van der Waals surface area contributed by atoms with E-state index in [-0.39, 0.29) is 0 Å². The number of hydrogen-bond acceptors (Lipinski definition) is 1. The summed E-state index contributed by atoms with van der Waals surface area (Å²) in [7, 11) is 0. The number of aromatic amines is 1. The van der Waals surface area contributed by atoms with E-state index in [1.807, 2.05) is 12.3 Å². The molecule has 1 aromatic heterocycles. The van der Waals surface area contributed by atoms with Crippen LogP contribution in [-0.4, -0.2) is 9.97 Å². The van der Waals surface area contributed by atoms with Crippen LogP contribution < -0.4 is 0 Å². The third-order valence-corrected chi connectivity index (χ3v) is 5.06. The Kier molecular flexibility index (Phi) is 14.4. The third kappa shape index (κ3) is 12.9. The molecule has 0 radical (unpaired) electrons. The molecule has 2 heteroatoms. The van der Waals surface area contributed by atoms with Crippen LogP contribution in [0.25, 0.3) is 0 Å². The molecule has 0 aromatic carbocycles. The molecule has 0 atom stereocenters. The van der Waals surface area contributed by atoms with Gasteiger partial charge in [0, 0.05) is 24.7 Å². The first-order valence-corrected chi connectivity index (χ1v) is 11.0. The molecule has 0 spiro atoms. The molecule has 0 aliphatic heterocycles. The predicted octanol–water partition coefficient (Wildman–Crippen LogP) is 7.55. The maximum atomic E-state index is 4.43. The summed E-state index contributed by atoms with van der Waals surface area (Å²) in [5, 5.41) is 0. The van der Waals surface area contributed by atoms with Gasteiger partial charge in [-0.15, -0.1) is 6.58 Å². The van der Waals surface area contributed by atoms with Crippen LogP contribution in [-0.2, 0) is 12.8 Å². The van der Waals surface area contributed by atoms with Crippen LogP contribution in [0.5, 0.6) is 0 Å². The lowest BCUT2D eigenvalue weighted by Crippen LogP contribution is -1.90. The van der Waals surface area contributed by atoms with Crippen molar-refractivity contribution in [3.8, 4) is 0 Å². The molecule has 0 saturated heterocycles. The second-order valence-corrected chi connectivity index (χ2v) is 7.55. The summed E-state index contributed by atoms with van der Waals surface area (Å²) in [5.41, 5.74) is 1.19. The van der Waals surface area contributed by atoms with Gasteiger partial charge in [-0.05, 0) is 6.42 Å². The molecule has 1 aromatic rings. The highest BCUT2D eigenvalue weighted by Crippen LogP contribution is 2.14.